The third-order valence-electron chi connectivity index (χ3n) is 23.9. The summed E-state index contributed by atoms with van der Waals surface area (Å²) >= 11 is 0. The molecule has 131 heavy (non-hydrogen) atoms. The van der Waals surface area contributed by atoms with Gasteiger partial charge in [0.25, 0.3) is 12.4 Å². The van der Waals surface area contributed by atoms with Crippen molar-refractivity contribution in [1.29, 1.82) is 0 Å². The molecule has 9 rings (SSSR count). The summed E-state index contributed by atoms with van der Waals surface area (Å²) in [6.45, 7) is 71.4. The molecule has 0 saturated carbocycles. The predicted octanol–water partition coefficient (Wildman–Crippen LogP) is 3.95. The molecule has 9 heterocycles. The molecule has 9 aliphatic rings. The minimum absolute atomic E-state index is 0.0298. The third kappa shape index (κ3) is 43.9. The van der Waals surface area contributed by atoms with Crippen molar-refractivity contribution in [2.24, 2.45) is 11.5 Å². The fourth-order valence-corrected chi connectivity index (χ4v) is 16.1. The summed E-state index contributed by atoms with van der Waals surface area (Å²) in [5.74, 6) is -5.27. The van der Waals surface area contributed by atoms with Crippen LogP contribution in [0.4, 0.5) is 0 Å². The van der Waals surface area contributed by atoms with Gasteiger partial charge in [-0.15, -0.1) is 0 Å². The summed E-state index contributed by atoms with van der Waals surface area (Å²) in [7, 11) is 0. The van der Waals surface area contributed by atoms with E-state index in [1.807, 2.05) is 105 Å². The van der Waals surface area contributed by atoms with Crippen LogP contribution < -0.4 is 22.1 Å². The summed E-state index contributed by atoms with van der Waals surface area (Å²) in [5.41, 5.74) is 9.35. The van der Waals surface area contributed by atoms with E-state index in [-0.39, 0.29) is 104 Å². The number of nitrogens with one attached hydrogen (secondary N) is 2. The number of rotatable bonds is 29. The number of hydrogen-bond acceptors (Lipinski definition) is 33. The van der Waals surface area contributed by atoms with Gasteiger partial charge in [0.05, 0.1) is 110 Å². The number of carbonyl (C=O) groups excluding carboxylic acids is 5. The summed E-state index contributed by atoms with van der Waals surface area (Å²) in [6.07, 6.45) is 0.425. The molecule has 9 saturated heterocycles. The van der Waals surface area contributed by atoms with E-state index in [9.17, 15) is 47.9 Å². The highest BCUT2D eigenvalue weighted by molar-refractivity contribution is 5.85. The van der Waals surface area contributed by atoms with Crippen molar-refractivity contribution < 1.29 is 130 Å². The Hall–Kier alpha value is -6.10. The van der Waals surface area contributed by atoms with Gasteiger partial charge in [-0.2, -0.15) is 0 Å². The SMILES string of the molecule is CC(C)N1C(C)COCC1C(=O)O.CC(C)N1CC(C)(C)OCC1OC=O.CC(C)N1CCOC(C(=O)NCC(=O)O)C1.CC(C)N1CCOC(C(=O)O)C1C.CC(C)N1CCOCC1(C)C(=O)O.CC(C)N1CCOC[C@@]1(C)C(=O)O.CCCNC(=O)C1CN(C(C)C)CCO1.CC[C@H](N)C(=O)OCC1COCCN1C(C)C.CC[C@H](N)C(=O)OC[C@H]1COCCN1C(C)C. The quantitative estimate of drug-likeness (QED) is 0.0291. The van der Waals surface area contributed by atoms with Crippen LogP contribution in [0.1, 0.15) is 206 Å². The number of aliphatic carboxylic acids is 5. The zero-order valence-corrected chi connectivity index (χ0v) is 84.4. The van der Waals surface area contributed by atoms with Crippen molar-refractivity contribution >= 4 is 60.1 Å². The number of amides is 2. The Morgan fingerprint density at radius 1 is 0.466 bits per heavy atom. The van der Waals surface area contributed by atoms with Crippen LogP contribution in [0.5, 0.6) is 0 Å². The van der Waals surface area contributed by atoms with Crippen molar-refractivity contribution in [3.8, 4) is 0 Å². The highest BCUT2D eigenvalue weighted by Crippen LogP contribution is 2.27. The molecule has 13 atom stereocenters. The van der Waals surface area contributed by atoms with Gasteiger partial charge in [-0.1, -0.05) is 20.8 Å². The minimum Gasteiger partial charge on any atom is -0.480 e. The van der Waals surface area contributed by atoms with Gasteiger partial charge < -0.3 is 104 Å². The molecule has 2 amide bonds. The van der Waals surface area contributed by atoms with E-state index in [1.165, 1.54) is 0 Å². The zero-order valence-electron chi connectivity index (χ0n) is 84.4. The molecule has 0 aromatic rings. The molecule has 40 nitrogen and oxygen atoms in total. The van der Waals surface area contributed by atoms with Crippen molar-refractivity contribution in [2.75, 3.05) is 184 Å². The molecule has 9 unspecified atom stereocenters. The predicted molar refractivity (Wildman–Crippen MR) is 496 cm³/mol. The zero-order chi connectivity index (χ0) is 100.0. The second-order valence-electron chi connectivity index (χ2n) is 37.6. The van der Waals surface area contributed by atoms with Crippen LogP contribution in [-0.2, 0) is 105 Å². The number of carboxylic acids is 5. The Labute approximate surface area is 781 Å². The van der Waals surface area contributed by atoms with Gasteiger partial charge in [-0.05, 0) is 185 Å². The molecule has 0 bridgehead atoms. The van der Waals surface area contributed by atoms with Crippen LogP contribution in [0.25, 0.3) is 0 Å². The summed E-state index contributed by atoms with van der Waals surface area (Å²) in [4.78, 5) is 130. The topological polar surface area (TPSA) is 488 Å². The molecule has 766 valence electrons. The monoisotopic (exact) mass is 1880 g/mol. The molecule has 40 heteroatoms. The van der Waals surface area contributed by atoms with Gasteiger partial charge in [0.2, 0.25) is 5.91 Å². The van der Waals surface area contributed by atoms with Crippen molar-refractivity contribution in [2.45, 2.75) is 344 Å². The van der Waals surface area contributed by atoms with E-state index in [2.05, 4.69) is 123 Å². The minimum atomic E-state index is -1.05. The van der Waals surface area contributed by atoms with Crippen LogP contribution in [0, 0.1) is 0 Å². The van der Waals surface area contributed by atoms with Crippen molar-refractivity contribution in [1.82, 2.24) is 54.7 Å². The van der Waals surface area contributed by atoms with Gasteiger partial charge in [-0.25, -0.2) is 4.79 Å². The highest BCUT2D eigenvalue weighted by atomic mass is 16.6. The Morgan fingerprint density at radius 2 is 0.878 bits per heavy atom. The smallest absolute Gasteiger partial charge is 0.334 e. The number of nitrogens with two attached hydrogens (primary N) is 2. The number of carbonyl (C=O) groups is 10. The molecule has 9 fully saturated rings. The molecule has 9 aliphatic heterocycles. The Kier molecular flexibility index (Phi) is 59.4. The number of nitrogens with zero attached hydrogens (tertiary/aromatic N) is 9. The molecule has 0 radical (unpaired) electrons. The molecule has 0 spiro atoms. The molecular weight excluding hydrogens is 1710 g/mol. The lowest BCUT2D eigenvalue weighted by atomic mass is 9.98. The largest absolute Gasteiger partial charge is 0.480 e. The van der Waals surface area contributed by atoms with Crippen LogP contribution in [0.15, 0.2) is 0 Å². The van der Waals surface area contributed by atoms with Crippen LogP contribution >= 0.6 is 0 Å². The molecule has 0 aliphatic carbocycles. The maximum atomic E-state index is 11.7. The first-order valence-electron chi connectivity index (χ1n) is 47.1. The molecular formula is C91H175N13O27. The number of ether oxygens (including phenoxy) is 12. The third-order valence-corrected chi connectivity index (χ3v) is 23.9. The van der Waals surface area contributed by atoms with E-state index >= 15 is 0 Å². The van der Waals surface area contributed by atoms with Gasteiger partial charge >= 0.3 is 41.8 Å². The normalized spacial score (nSPS) is 26.7. The standard InChI is InChI=1S/2C12H24N2O3.C11H22N2O2.C10H18N2O4.C10H19NO3.4C9H17NO3/c2*1-4-11(13)12(15)17-8-10-7-16-6-5-14(10)9(2)3;1-4-5-12-11(14)10-8-13(9(2)3)6-7-15-10;1-7(2)12-3-4-16-8(6-12)10(15)11-5-9(13)14;1-8(2)11-6-10(3,4)14-5-9(11)13-7-12;1-6(2)10-7(3)4-13-5-8(10)9(11)12;2*1-7(2)10-4-5-13-6-9(10,3)8(11)12;1-6(2)10-4-5-13-8(7(10)3)9(11)12/h2*9-11H,4-8,13H2,1-3H3;9-10H,4-8H2,1-3H3,(H,12,14);7-8H,3-6H2,1-2H3,(H,11,15)(H,13,14);7-9H,5-6H2,1-4H3;6-8H,4-5H2,1-3H3,(H,11,12);2*7H,4-6H2,1-3H3,(H,11,12);6-8H,4-5H2,1-3H3,(H,11,12)/t10?,11-;10-,11+;;;;;9-;;/m01....0../s1. The fraction of sp³-hybridized carbons (Fsp3) is 0.890. The fourth-order valence-electron chi connectivity index (χ4n) is 16.1. The van der Waals surface area contributed by atoms with Crippen LogP contribution in [-0.4, -0.2) is 452 Å². The van der Waals surface area contributed by atoms with Gasteiger partial charge in [-0.3, -0.25) is 87.3 Å². The first kappa shape index (κ1) is 123. The van der Waals surface area contributed by atoms with Crippen LogP contribution in [0.3, 0.4) is 0 Å². The van der Waals surface area contributed by atoms with Crippen molar-refractivity contribution in [3.63, 3.8) is 0 Å². The first-order valence-corrected chi connectivity index (χ1v) is 47.1. The van der Waals surface area contributed by atoms with E-state index in [1.54, 1.807) is 13.8 Å². The van der Waals surface area contributed by atoms with Crippen LogP contribution in [0.2, 0.25) is 0 Å². The van der Waals surface area contributed by atoms with Gasteiger partial charge in [0, 0.05) is 138 Å². The Balaban J connectivity index is 0.000000738. The molecule has 0 aromatic carbocycles. The van der Waals surface area contributed by atoms with E-state index in [0.29, 0.717) is 161 Å². The summed E-state index contributed by atoms with van der Waals surface area (Å²) in [6, 6.07) is 2.12. The summed E-state index contributed by atoms with van der Waals surface area (Å²) < 4.78 is 63.4. The highest BCUT2D eigenvalue weighted by Gasteiger charge is 2.46. The Morgan fingerprint density at radius 3 is 1.22 bits per heavy atom. The maximum absolute atomic E-state index is 11.7. The first-order chi connectivity index (χ1) is 61.3. The van der Waals surface area contributed by atoms with Crippen molar-refractivity contribution in [3.05, 3.63) is 0 Å². The second-order valence-corrected chi connectivity index (χ2v) is 37.6. The van der Waals surface area contributed by atoms with E-state index in [4.69, 9.17) is 93.8 Å². The van der Waals surface area contributed by atoms with E-state index < -0.39 is 71.3 Å². The van der Waals surface area contributed by atoms with Gasteiger partial charge in [0.1, 0.15) is 61.2 Å². The lowest BCUT2D eigenvalue weighted by molar-refractivity contribution is -0.198. The number of hydrogen-bond donors (Lipinski definition) is 9. The number of esters is 2. The lowest BCUT2D eigenvalue weighted by Crippen LogP contribution is -2.61. The molecule has 0 aromatic heterocycles. The second kappa shape index (κ2) is 63.3. The average molecular weight is 1880 g/mol. The number of morpholine rings is 9. The molecule has 11 N–H and O–H groups in total. The van der Waals surface area contributed by atoms with Gasteiger partial charge in [0.15, 0.2) is 12.3 Å². The maximum Gasteiger partial charge on any atom is 0.334 e. The Bertz CT molecular complexity index is 3180. The average Bonchev–Trinajstić information content (AvgIpc) is 0.802. The summed E-state index contributed by atoms with van der Waals surface area (Å²) in [5, 5.41) is 49.6. The number of carboxylic acid groups (broad SMARTS) is 5. The lowest BCUT2D eigenvalue weighted by Gasteiger charge is -2.44. The van der Waals surface area contributed by atoms with E-state index in [0.717, 1.165) is 65.4 Å².